The first-order valence-electron chi connectivity index (χ1n) is 5.48. The topological polar surface area (TPSA) is 62.7 Å². The lowest BCUT2D eigenvalue weighted by atomic mass is 10.3. The van der Waals surface area contributed by atoms with Gasteiger partial charge in [0.1, 0.15) is 5.82 Å². The summed E-state index contributed by atoms with van der Waals surface area (Å²) in [6.45, 7) is 5.51. The monoisotopic (exact) mass is 249 g/mol. The third-order valence-corrected chi connectivity index (χ3v) is 2.86. The molecule has 2 heterocycles. The standard InChI is InChI=1S/C11H15N5S/c1-3-12-11-14-4-8(2)10(16-11)13-5-9-6-17-7-15-9/h4,6-7H,3,5H2,1-2H3,(H2,12,13,14,16). The minimum absolute atomic E-state index is 0.652. The van der Waals surface area contributed by atoms with Gasteiger partial charge in [0.05, 0.1) is 17.7 Å². The Hall–Kier alpha value is -1.69. The zero-order valence-corrected chi connectivity index (χ0v) is 10.7. The van der Waals surface area contributed by atoms with Gasteiger partial charge in [0.15, 0.2) is 0 Å². The van der Waals surface area contributed by atoms with Crippen LogP contribution in [0.3, 0.4) is 0 Å². The molecule has 90 valence electrons. The van der Waals surface area contributed by atoms with Crippen LogP contribution in [0.2, 0.25) is 0 Å². The fourth-order valence-corrected chi connectivity index (χ4v) is 1.92. The van der Waals surface area contributed by atoms with Crippen molar-refractivity contribution in [3.05, 3.63) is 28.3 Å². The second kappa shape index (κ2) is 5.58. The van der Waals surface area contributed by atoms with E-state index in [9.17, 15) is 0 Å². The average molecular weight is 249 g/mol. The SMILES string of the molecule is CCNc1ncc(C)c(NCc2cscn2)n1. The van der Waals surface area contributed by atoms with Crippen LogP contribution in [0.1, 0.15) is 18.2 Å². The number of aryl methyl sites for hydroxylation is 1. The van der Waals surface area contributed by atoms with Gasteiger partial charge in [0.25, 0.3) is 0 Å². The van der Waals surface area contributed by atoms with Gasteiger partial charge >= 0.3 is 0 Å². The fraction of sp³-hybridized carbons (Fsp3) is 0.364. The van der Waals surface area contributed by atoms with Crippen molar-refractivity contribution >= 4 is 23.1 Å². The quantitative estimate of drug-likeness (QED) is 0.851. The maximum absolute atomic E-state index is 4.40. The minimum Gasteiger partial charge on any atom is -0.364 e. The lowest BCUT2D eigenvalue weighted by Gasteiger charge is -2.09. The van der Waals surface area contributed by atoms with Crippen molar-refractivity contribution in [3.8, 4) is 0 Å². The Morgan fingerprint density at radius 3 is 2.88 bits per heavy atom. The lowest BCUT2D eigenvalue weighted by Crippen LogP contribution is -2.08. The van der Waals surface area contributed by atoms with Gasteiger partial charge in [-0.2, -0.15) is 4.98 Å². The van der Waals surface area contributed by atoms with Crippen LogP contribution in [0.15, 0.2) is 17.1 Å². The molecule has 0 aliphatic heterocycles. The summed E-state index contributed by atoms with van der Waals surface area (Å²) < 4.78 is 0. The average Bonchev–Trinajstić information content (AvgIpc) is 2.83. The number of thiazole rings is 1. The first kappa shape index (κ1) is 11.8. The zero-order valence-electron chi connectivity index (χ0n) is 9.90. The molecule has 2 rings (SSSR count). The van der Waals surface area contributed by atoms with E-state index >= 15 is 0 Å². The van der Waals surface area contributed by atoms with E-state index < -0.39 is 0 Å². The Bertz CT molecular complexity index is 469. The van der Waals surface area contributed by atoms with Crippen LogP contribution in [0.4, 0.5) is 11.8 Å². The summed E-state index contributed by atoms with van der Waals surface area (Å²) in [5.74, 6) is 1.50. The van der Waals surface area contributed by atoms with Crippen molar-refractivity contribution < 1.29 is 0 Å². The molecule has 0 aromatic carbocycles. The highest BCUT2D eigenvalue weighted by molar-refractivity contribution is 7.07. The van der Waals surface area contributed by atoms with Crippen LogP contribution in [-0.2, 0) is 6.54 Å². The van der Waals surface area contributed by atoms with Crippen LogP contribution in [0, 0.1) is 6.92 Å². The van der Waals surface area contributed by atoms with E-state index in [1.807, 2.05) is 30.9 Å². The molecule has 0 spiro atoms. The molecule has 6 heteroatoms. The molecule has 0 saturated heterocycles. The van der Waals surface area contributed by atoms with Crippen LogP contribution >= 0.6 is 11.3 Å². The second-order valence-corrected chi connectivity index (χ2v) is 4.31. The molecule has 2 aromatic heterocycles. The van der Waals surface area contributed by atoms with E-state index in [-0.39, 0.29) is 0 Å². The lowest BCUT2D eigenvalue weighted by molar-refractivity contribution is 1.01. The maximum atomic E-state index is 4.40. The molecule has 17 heavy (non-hydrogen) atoms. The summed E-state index contributed by atoms with van der Waals surface area (Å²) in [5.41, 5.74) is 3.88. The number of hydrogen-bond donors (Lipinski definition) is 2. The predicted molar refractivity (Wildman–Crippen MR) is 70.4 cm³/mol. The van der Waals surface area contributed by atoms with E-state index in [1.54, 1.807) is 11.3 Å². The van der Waals surface area contributed by atoms with Gasteiger partial charge in [-0.05, 0) is 13.8 Å². The maximum Gasteiger partial charge on any atom is 0.224 e. The Morgan fingerprint density at radius 2 is 2.18 bits per heavy atom. The van der Waals surface area contributed by atoms with Crippen molar-refractivity contribution in [1.82, 2.24) is 15.0 Å². The molecule has 0 radical (unpaired) electrons. The minimum atomic E-state index is 0.652. The van der Waals surface area contributed by atoms with Crippen LogP contribution in [0.25, 0.3) is 0 Å². The molecular formula is C11H15N5S. The smallest absolute Gasteiger partial charge is 0.224 e. The molecule has 5 nitrogen and oxygen atoms in total. The van der Waals surface area contributed by atoms with Crippen molar-refractivity contribution in [2.24, 2.45) is 0 Å². The molecule has 2 aromatic rings. The van der Waals surface area contributed by atoms with E-state index in [1.165, 1.54) is 0 Å². The molecule has 0 amide bonds. The second-order valence-electron chi connectivity index (χ2n) is 3.59. The number of nitrogens with zero attached hydrogens (tertiary/aromatic N) is 3. The fourth-order valence-electron chi connectivity index (χ4n) is 1.36. The van der Waals surface area contributed by atoms with Crippen molar-refractivity contribution in [1.29, 1.82) is 0 Å². The summed E-state index contributed by atoms with van der Waals surface area (Å²) in [6.07, 6.45) is 1.81. The predicted octanol–water partition coefficient (Wildman–Crippen LogP) is 2.29. The van der Waals surface area contributed by atoms with E-state index in [0.717, 1.165) is 23.6 Å². The Balaban J connectivity index is 2.06. The highest BCUT2D eigenvalue weighted by atomic mass is 32.1. The van der Waals surface area contributed by atoms with Crippen molar-refractivity contribution in [2.75, 3.05) is 17.2 Å². The molecular weight excluding hydrogens is 234 g/mol. The third kappa shape index (κ3) is 3.13. The number of aromatic nitrogens is 3. The highest BCUT2D eigenvalue weighted by Gasteiger charge is 2.03. The van der Waals surface area contributed by atoms with E-state index in [0.29, 0.717) is 12.5 Å². The molecule has 0 aliphatic rings. The molecule has 2 N–H and O–H groups in total. The van der Waals surface area contributed by atoms with Crippen LogP contribution in [-0.4, -0.2) is 21.5 Å². The molecule has 0 bridgehead atoms. The van der Waals surface area contributed by atoms with Gasteiger partial charge in [-0.25, -0.2) is 9.97 Å². The highest BCUT2D eigenvalue weighted by Crippen LogP contribution is 2.13. The van der Waals surface area contributed by atoms with Gasteiger partial charge in [-0.15, -0.1) is 11.3 Å². The molecule has 0 atom stereocenters. The first-order valence-corrected chi connectivity index (χ1v) is 6.42. The summed E-state index contributed by atoms with van der Waals surface area (Å²) in [5, 5.41) is 8.38. The summed E-state index contributed by atoms with van der Waals surface area (Å²) in [4.78, 5) is 12.8. The number of nitrogens with one attached hydrogen (secondary N) is 2. The molecule has 0 aliphatic carbocycles. The summed E-state index contributed by atoms with van der Waals surface area (Å²) in [7, 11) is 0. The van der Waals surface area contributed by atoms with Crippen molar-refractivity contribution in [2.45, 2.75) is 20.4 Å². The van der Waals surface area contributed by atoms with Gasteiger partial charge in [-0.3, -0.25) is 0 Å². The molecule has 0 fully saturated rings. The van der Waals surface area contributed by atoms with Crippen molar-refractivity contribution in [3.63, 3.8) is 0 Å². The normalized spacial score (nSPS) is 10.2. The largest absolute Gasteiger partial charge is 0.364 e. The number of hydrogen-bond acceptors (Lipinski definition) is 6. The van der Waals surface area contributed by atoms with Gasteiger partial charge in [-0.1, -0.05) is 0 Å². The van der Waals surface area contributed by atoms with Gasteiger partial charge in [0.2, 0.25) is 5.95 Å². The molecule has 0 unspecified atom stereocenters. The number of rotatable bonds is 5. The van der Waals surface area contributed by atoms with E-state index in [4.69, 9.17) is 0 Å². The molecule has 0 saturated carbocycles. The van der Waals surface area contributed by atoms with Crippen LogP contribution < -0.4 is 10.6 Å². The third-order valence-electron chi connectivity index (χ3n) is 2.23. The van der Waals surface area contributed by atoms with Gasteiger partial charge < -0.3 is 10.6 Å². The van der Waals surface area contributed by atoms with E-state index in [2.05, 4.69) is 25.6 Å². The Morgan fingerprint density at radius 1 is 1.29 bits per heavy atom. The zero-order chi connectivity index (χ0) is 12.1. The Labute approximate surface area is 104 Å². The summed E-state index contributed by atoms with van der Waals surface area (Å²) >= 11 is 1.59. The summed E-state index contributed by atoms with van der Waals surface area (Å²) in [6, 6.07) is 0. The van der Waals surface area contributed by atoms with Crippen LogP contribution in [0.5, 0.6) is 0 Å². The Kier molecular flexibility index (Phi) is 3.87. The first-order chi connectivity index (χ1) is 8.29. The van der Waals surface area contributed by atoms with Gasteiger partial charge in [0, 0.05) is 23.7 Å². The number of anilines is 2.